The summed E-state index contributed by atoms with van der Waals surface area (Å²) in [6, 6.07) is 9.17. The average Bonchev–Trinajstić information content (AvgIpc) is 2.71. The molecule has 17 heavy (non-hydrogen) atoms. The first-order valence-corrected chi connectivity index (χ1v) is 5.66. The molecule has 0 radical (unpaired) electrons. The number of carbonyl (C=O) groups is 2. The summed E-state index contributed by atoms with van der Waals surface area (Å²) in [5.41, 5.74) is 0.923. The molecule has 0 aliphatic carbocycles. The van der Waals surface area contributed by atoms with Gasteiger partial charge in [-0.2, -0.15) is 0 Å². The summed E-state index contributed by atoms with van der Waals surface area (Å²) in [5, 5.41) is 0. The van der Waals surface area contributed by atoms with Crippen molar-refractivity contribution in [2.75, 3.05) is 6.61 Å². The molecule has 1 aromatic carbocycles. The second-order valence-electron chi connectivity index (χ2n) is 4.37. The fraction of sp³-hybridized carbons (Fsp3) is 0.385. The first-order chi connectivity index (χ1) is 8.11. The van der Waals surface area contributed by atoms with Crippen LogP contribution in [-0.2, 0) is 9.53 Å². The fourth-order valence-electron chi connectivity index (χ4n) is 1.86. The predicted molar refractivity (Wildman–Crippen MR) is 62.2 cm³/mol. The highest BCUT2D eigenvalue weighted by Gasteiger charge is 2.39. The fourth-order valence-corrected chi connectivity index (χ4v) is 1.86. The van der Waals surface area contributed by atoms with Crippen LogP contribution in [0.1, 0.15) is 25.5 Å². The molecule has 1 heterocycles. The number of nitrogens with zero attached hydrogens (tertiary/aromatic N) is 1. The van der Waals surface area contributed by atoms with E-state index in [1.54, 1.807) is 13.8 Å². The Morgan fingerprint density at radius 2 is 2.00 bits per heavy atom. The lowest BCUT2D eigenvalue weighted by molar-refractivity contribution is -0.132. The maximum atomic E-state index is 12.0. The van der Waals surface area contributed by atoms with Crippen molar-refractivity contribution in [1.82, 2.24) is 4.90 Å². The van der Waals surface area contributed by atoms with Crippen LogP contribution in [0.3, 0.4) is 0 Å². The maximum Gasteiger partial charge on any atom is 0.417 e. The number of cyclic esters (lactones) is 1. The molecule has 1 fully saturated rings. The molecule has 0 saturated carbocycles. The number of hydrogen-bond donors (Lipinski definition) is 0. The van der Waals surface area contributed by atoms with E-state index in [0.717, 1.165) is 5.56 Å². The molecule has 2 amide bonds. The van der Waals surface area contributed by atoms with Gasteiger partial charge in [-0.3, -0.25) is 4.79 Å². The van der Waals surface area contributed by atoms with Crippen molar-refractivity contribution >= 4 is 12.0 Å². The highest BCUT2D eigenvalue weighted by atomic mass is 16.6. The molecule has 0 unspecified atom stereocenters. The molecule has 1 atom stereocenters. The Labute approximate surface area is 100 Å². The Morgan fingerprint density at radius 1 is 1.35 bits per heavy atom. The molecule has 4 nitrogen and oxygen atoms in total. The van der Waals surface area contributed by atoms with Crippen molar-refractivity contribution in [2.24, 2.45) is 5.92 Å². The first kappa shape index (κ1) is 11.6. The van der Waals surface area contributed by atoms with Gasteiger partial charge in [0.2, 0.25) is 5.91 Å². The monoisotopic (exact) mass is 233 g/mol. The molecule has 2 rings (SSSR count). The van der Waals surface area contributed by atoms with Crippen molar-refractivity contribution in [2.45, 2.75) is 19.9 Å². The van der Waals surface area contributed by atoms with E-state index in [9.17, 15) is 9.59 Å². The van der Waals surface area contributed by atoms with Gasteiger partial charge in [0.25, 0.3) is 0 Å². The molecule has 90 valence electrons. The van der Waals surface area contributed by atoms with Crippen LogP contribution in [0, 0.1) is 5.92 Å². The van der Waals surface area contributed by atoms with Crippen LogP contribution in [0.15, 0.2) is 30.3 Å². The lowest BCUT2D eigenvalue weighted by Gasteiger charge is -2.21. The third kappa shape index (κ3) is 2.16. The Kier molecular flexibility index (Phi) is 3.13. The number of imide groups is 1. The standard InChI is InChI=1S/C13H15NO3/c1-9(2)12(15)14-11(8-17-13(14)16)10-6-4-3-5-7-10/h3-7,9,11H,8H2,1-2H3/t11-/m1/s1. The highest BCUT2D eigenvalue weighted by molar-refractivity contribution is 5.94. The summed E-state index contributed by atoms with van der Waals surface area (Å²) in [5.74, 6) is -0.409. The summed E-state index contributed by atoms with van der Waals surface area (Å²) < 4.78 is 4.97. The van der Waals surface area contributed by atoms with E-state index in [4.69, 9.17) is 4.74 Å². The third-order valence-electron chi connectivity index (χ3n) is 2.79. The topological polar surface area (TPSA) is 46.6 Å². The molecular formula is C13H15NO3. The van der Waals surface area contributed by atoms with E-state index >= 15 is 0 Å². The number of ether oxygens (including phenoxy) is 1. The van der Waals surface area contributed by atoms with Crippen molar-refractivity contribution in [1.29, 1.82) is 0 Å². The molecule has 1 saturated heterocycles. The molecule has 4 heteroatoms. The summed E-state index contributed by atoms with van der Waals surface area (Å²) in [4.78, 5) is 24.8. The largest absolute Gasteiger partial charge is 0.446 e. The minimum absolute atomic E-state index is 0.193. The molecule has 1 aliphatic rings. The molecule has 0 spiro atoms. The molecule has 0 bridgehead atoms. The molecule has 0 aromatic heterocycles. The van der Waals surface area contributed by atoms with Gasteiger partial charge in [-0.1, -0.05) is 44.2 Å². The van der Waals surface area contributed by atoms with E-state index in [0.29, 0.717) is 0 Å². The zero-order valence-corrected chi connectivity index (χ0v) is 9.92. The second kappa shape index (κ2) is 4.57. The lowest BCUT2D eigenvalue weighted by atomic mass is 10.1. The smallest absolute Gasteiger partial charge is 0.417 e. The number of amides is 2. The Morgan fingerprint density at radius 3 is 2.59 bits per heavy atom. The van der Waals surface area contributed by atoms with Crippen molar-refractivity contribution in [3.63, 3.8) is 0 Å². The number of rotatable bonds is 2. The number of hydrogen-bond acceptors (Lipinski definition) is 3. The lowest BCUT2D eigenvalue weighted by Crippen LogP contribution is -2.36. The van der Waals surface area contributed by atoms with Gasteiger partial charge in [0.15, 0.2) is 0 Å². The number of carbonyl (C=O) groups excluding carboxylic acids is 2. The Bertz CT molecular complexity index is 428. The van der Waals surface area contributed by atoms with Crippen molar-refractivity contribution in [3.8, 4) is 0 Å². The van der Waals surface area contributed by atoms with Crippen LogP contribution >= 0.6 is 0 Å². The van der Waals surface area contributed by atoms with Gasteiger partial charge in [0.05, 0.1) is 0 Å². The Hall–Kier alpha value is -1.84. The van der Waals surface area contributed by atoms with Crippen LogP contribution in [0.25, 0.3) is 0 Å². The van der Waals surface area contributed by atoms with Crippen molar-refractivity contribution < 1.29 is 14.3 Å². The summed E-state index contributed by atoms with van der Waals surface area (Å²) in [6.07, 6.45) is -0.544. The highest BCUT2D eigenvalue weighted by Crippen LogP contribution is 2.28. The van der Waals surface area contributed by atoms with Gasteiger partial charge in [-0.15, -0.1) is 0 Å². The van der Waals surface area contributed by atoms with Gasteiger partial charge >= 0.3 is 6.09 Å². The maximum absolute atomic E-state index is 12.0. The van der Waals surface area contributed by atoms with Crippen LogP contribution in [0.4, 0.5) is 4.79 Å². The van der Waals surface area contributed by atoms with Gasteiger partial charge in [-0.25, -0.2) is 9.69 Å². The normalized spacial score (nSPS) is 19.6. The summed E-state index contributed by atoms with van der Waals surface area (Å²) >= 11 is 0. The summed E-state index contributed by atoms with van der Waals surface area (Å²) in [6.45, 7) is 3.78. The van der Waals surface area contributed by atoms with Crippen LogP contribution in [-0.4, -0.2) is 23.5 Å². The van der Waals surface area contributed by atoms with Crippen molar-refractivity contribution in [3.05, 3.63) is 35.9 Å². The van der Waals surface area contributed by atoms with Crippen LogP contribution < -0.4 is 0 Å². The predicted octanol–water partition coefficient (Wildman–Crippen LogP) is 2.36. The van der Waals surface area contributed by atoms with Gasteiger partial charge in [-0.05, 0) is 5.56 Å². The molecule has 1 aliphatic heterocycles. The average molecular weight is 233 g/mol. The number of benzene rings is 1. The summed E-state index contributed by atoms with van der Waals surface area (Å²) in [7, 11) is 0. The molecular weight excluding hydrogens is 218 g/mol. The first-order valence-electron chi connectivity index (χ1n) is 5.66. The van der Waals surface area contributed by atoms with Gasteiger partial charge in [0.1, 0.15) is 12.6 Å². The van der Waals surface area contributed by atoms with E-state index in [1.165, 1.54) is 4.90 Å². The third-order valence-corrected chi connectivity index (χ3v) is 2.79. The SMILES string of the molecule is CC(C)C(=O)N1C(=O)OC[C@@H]1c1ccccc1. The quantitative estimate of drug-likeness (QED) is 0.787. The Balaban J connectivity index is 2.29. The van der Waals surface area contributed by atoms with E-state index in [2.05, 4.69) is 0 Å². The minimum atomic E-state index is -0.544. The zero-order valence-electron chi connectivity index (χ0n) is 9.92. The molecule has 0 N–H and O–H groups in total. The van der Waals surface area contributed by atoms with E-state index in [-0.39, 0.29) is 24.5 Å². The van der Waals surface area contributed by atoms with Crippen LogP contribution in [0.2, 0.25) is 0 Å². The van der Waals surface area contributed by atoms with E-state index < -0.39 is 6.09 Å². The van der Waals surface area contributed by atoms with Crippen LogP contribution in [0.5, 0.6) is 0 Å². The minimum Gasteiger partial charge on any atom is -0.446 e. The van der Waals surface area contributed by atoms with Gasteiger partial charge < -0.3 is 4.74 Å². The molecule has 1 aromatic rings. The van der Waals surface area contributed by atoms with E-state index in [1.807, 2.05) is 30.3 Å². The zero-order chi connectivity index (χ0) is 12.4. The van der Waals surface area contributed by atoms with Gasteiger partial charge in [0, 0.05) is 5.92 Å². The second-order valence-corrected chi connectivity index (χ2v) is 4.37.